The molecule has 0 atom stereocenters. The van der Waals surface area contributed by atoms with Crippen molar-refractivity contribution >= 4 is 33.9 Å². The minimum atomic E-state index is 0.187. The van der Waals surface area contributed by atoms with Crippen LogP contribution in [0.5, 0.6) is 0 Å². The summed E-state index contributed by atoms with van der Waals surface area (Å²) in [5.41, 5.74) is 4.13. The van der Waals surface area contributed by atoms with Crippen molar-refractivity contribution in [1.82, 2.24) is 9.88 Å². The summed E-state index contributed by atoms with van der Waals surface area (Å²) >= 11 is 6.04. The van der Waals surface area contributed by atoms with E-state index in [4.69, 9.17) is 16.7 Å². The number of halogens is 1. The average molecular weight is 356 g/mol. The van der Waals surface area contributed by atoms with E-state index >= 15 is 0 Å². The molecule has 0 saturated carbocycles. The van der Waals surface area contributed by atoms with Gasteiger partial charge in [0.15, 0.2) is 0 Å². The molecule has 0 spiro atoms. The molecule has 0 bridgehead atoms. The molecule has 3 rings (SSSR count). The van der Waals surface area contributed by atoms with Gasteiger partial charge in [-0.15, -0.1) is 0 Å². The first-order chi connectivity index (χ1) is 12.2. The fraction of sp³-hybridized carbons (Fsp3) is 0.250. The first kappa shape index (κ1) is 17.7. The zero-order valence-corrected chi connectivity index (χ0v) is 15.0. The molecule has 0 aliphatic rings. The van der Waals surface area contributed by atoms with Crippen LogP contribution in [0.3, 0.4) is 0 Å². The number of rotatable bonds is 7. The molecule has 0 fully saturated rings. The summed E-state index contributed by atoms with van der Waals surface area (Å²) in [7, 11) is 0. The van der Waals surface area contributed by atoms with Crippen LogP contribution in [-0.4, -0.2) is 34.7 Å². The van der Waals surface area contributed by atoms with E-state index in [1.807, 2.05) is 24.3 Å². The highest BCUT2D eigenvalue weighted by Gasteiger charge is 2.05. The quantitative estimate of drug-likeness (QED) is 0.657. The molecule has 0 unspecified atom stereocenters. The summed E-state index contributed by atoms with van der Waals surface area (Å²) in [6.45, 7) is 4.75. The van der Waals surface area contributed by atoms with Crippen LogP contribution in [0.1, 0.15) is 12.5 Å². The van der Waals surface area contributed by atoms with Crippen molar-refractivity contribution < 1.29 is 5.11 Å². The van der Waals surface area contributed by atoms with Crippen LogP contribution in [0.4, 0.5) is 11.4 Å². The molecule has 0 amide bonds. The lowest BCUT2D eigenvalue weighted by Gasteiger charge is -2.19. The second kappa shape index (κ2) is 8.30. The number of aliphatic hydroxyl groups excluding tert-OH is 1. The molecule has 2 aromatic carbocycles. The van der Waals surface area contributed by atoms with Gasteiger partial charge in [-0.3, -0.25) is 9.88 Å². The summed E-state index contributed by atoms with van der Waals surface area (Å²) in [4.78, 5) is 6.58. The minimum absolute atomic E-state index is 0.187. The maximum atomic E-state index is 9.09. The molecular formula is C20H22ClN3O. The third kappa shape index (κ3) is 4.48. The van der Waals surface area contributed by atoms with Gasteiger partial charge >= 0.3 is 0 Å². The summed E-state index contributed by atoms with van der Waals surface area (Å²) in [5.74, 6) is 0. The number of likely N-dealkylation sites (N-methyl/N-ethyl adjacent to an activating group) is 1. The minimum Gasteiger partial charge on any atom is -0.395 e. The Morgan fingerprint density at radius 3 is 2.64 bits per heavy atom. The largest absolute Gasteiger partial charge is 0.395 e. The van der Waals surface area contributed by atoms with Crippen molar-refractivity contribution in [3.8, 4) is 0 Å². The van der Waals surface area contributed by atoms with Crippen molar-refractivity contribution in [3.63, 3.8) is 0 Å². The van der Waals surface area contributed by atoms with Gasteiger partial charge in [-0.05, 0) is 48.5 Å². The number of nitrogens with one attached hydrogen (secondary N) is 1. The topological polar surface area (TPSA) is 48.4 Å². The summed E-state index contributed by atoms with van der Waals surface area (Å²) < 4.78 is 0. The Balaban J connectivity index is 1.76. The van der Waals surface area contributed by atoms with Crippen LogP contribution in [0, 0.1) is 0 Å². The molecular weight excluding hydrogens is 334 g/mol. The molecule has 4 nitrogen and oxygen atoms in total. The van der Waals surface area contributed by atoms with E-state index < -0.39 is 0 Å². The summed E-state index contributed by atoms with van der Waals surface area (Å²) in [5, 5.41) is 14.3. The standard InChI is InChI=1S/C20H22ClN3O/c1-2-24(11-12-25)14-15-3-6-17(7-4-15)23-19-9-10-22-20-13-16(21)5-8-18(19)20/h3-10,13,25H,2,11-12,14H2,1H3,(H,22,23). The molecule has 1 aromatic heterocycles. The van der Waals surface area contributed by atoms with Crippen molar-refractivity contribution in [2.45, 2.75) is 13.5 Å². The zero-order valence-electron chi connectivity index (χ0n) is 14.2. The molecule has 0 aliphatic heterocycles. The lowest BCUT2D eigenvalue weighted by atomic mass is 10.1. The molecule has 3 aromatic rings. The Morgan fingerprint density at radius 1 is 1.12 bits per heavy atom. The average Bonchev–Trinajstić information content (AvgIpc) is 2.63. The highest BCUT2D eigenvalue weighted by molar-refractivity contribution is 6.31. The lowest BCUT2D eigenvalue weighted by molar-refractivity contribution is 0.197. The molecule has 0 radical (unpaired) electrons. The maximum Gasteiger partial charge on any atom is 0.0737 e. The number of nitrogens with zero attached hydrogens (tertiary/aromatic N) is 2. The number of pyridine rings is 1. The van der Waals surface area contributed by atoms with Gasteiger partial charge in [-0.25, -0.2) is 0 Å². The summed E-state index contributed by atoms with van der Waals surface area (Å²) in [6, 6.07) is 16.1. The monoisotopic (exact) mass is 355 g/mol. The third-order valence-corrected chi connectivity index (χ3v) is 4.44. The maximum absolute atomic E-state index is 9.09. The van der Waals surface area contributed by atoms with Crippen LogP contribution < -0.4 is 5.32 Å². The highest BCUT2D eigenvalue weighted by atomic mass is 35.5. The van der Waals surface area contributed by atoms with Crippen LogP contribution in [0.15, 0.2) is 54.7 Å². The number of hydrogen-bond donors (Lipinski definition) is 2. The van der Waals surface area contributed by atoms with Gasteiger partial charge in [0, 0.05) is 41.1 Å². The number of anilines is 2. The molecule has 5 heteroatoms. The second-order valence-electron chi connectivity index (χ2n) is 5.93. The van der Waals surface area contributed by atoms with Crippen LogP contribution in [0.25, 0.3) is 10.9 Å². The molecule has 1 heterocycles. The van der Waals surface area contributed by atoms with Crippen LogP contribution in [-0.2, 0) is 6.54 Å². The molecule has 25 heavy (non-hydrogen) atoms. The number of aromatic nitrogens is 1. The van der Waals surface area contributed by atoms with E-state index in [0.29, 0.717) is 11.6 Å². The first-order valence-electron chi connectivity index (χ1n) is 8.43. The van der Waals surface area contributed by atoms with Crippen molar-refractivity contribution in [2.75, 3.05) is 25.0 Å². The van der Waals surface area contributed by atoms with Gasteiger partial charge in [-0.2, -0.15) is 0 Å². The summed E-state index contributed by atoms with van der Waals surface area (Å²) in [6.07, 6.45) is 1.78. The van der Waals surface area contributed by atoms with E-state index in [1.165, 1.54) is 5.56 Å². The zero-order chi connectivity index (χ0) is 17.6. The van der Waals surface area contributed by atoms with Crippen molar-refractivity contribution in [1.29, 1.82) is 0 Å². The van der Waals surface area contributed by atoms with Crippen molar-refractivity contribution in [3.05, 3.63) is 65.3 Å². The van der Waals surface area contributed by atoms with E-state index in [0.717, 1.165) is 35.4 Å². The van der Waals surface area contributed by atoms with E-state index in [-0.39, 0.29) is 6.61 Å². The number of fused-ring (bicyclic) bond motifs is 1. The molecule has 130 valence electrons. The van der Waals surface area contributed by atoms with E-state index in [2.05, 4.69) is 46.4 Å². The third-order valence-electron chi connectivity index (χ3n) is 4.21. The predicted octanol–water partition coefficient (Wildman–Crippen LogP) is 4.45. The smallest absolute Gasteiger partial charge is 0.0737 e. The second-order valence-corrected chi connectivity index (χ2v) is 6.37. The Morgan fingerprint density at radius 2 is 1.92 bits per heavy atom. The SMILES string of the molecule is CCN(CCO)Cc1ccc(Nc2ccnc3cc(Cl)ccc23)cc1. The van der Waals surface area contributed by atoms with E-state index in [9.17, 15) is 0 Å². The first-order valence-corrected chi connectivity index (χ1v) is 8.81. The lowest BCUT2D eigenvalue weighted by Crippen LogP contribution is -2.25. The number of benzene rings is 2. The molecule has 0 aliphatic carbocycles. The molecule has 2 N–H and O–H groups in total. The van der Waals surface area contributed by atoms with Gasteiger partial charge < -0.3 is 10.4 Å². The Bertz CT molecular complexity index is 836. The Hall–Kier alpha value is -2.14. The van der Waals surface area contributed by atoms with E-state index in [1.54, 1.807) is 6.20 Å². The number of hydrogen-bond acceptors (Lipinski definition) is 4. The van der Waals surface area contributed by atoms with Gasteiger partial charge in [0.1, 0.15) is 0 Å². The van der Waals surface area contributed by atoms with Crippen molar-refractivity contribution in [2.24, 2.45) is 0 Å². The van der Waals surface area contributed by atoms with Gasteiger partial charge in [0.25, 0.3) is 0 Å². The Kier molecular flexibility index (Phi) is 5.87. The highest BCUT2D eigenvalue weighted by Crippen LogP contribution is 2.27. The molecule has 0 saturated heterocycles. The number of aliphatic hydroxyl groups is 1. The fourth-order valence-corrected chi connectivity index (χ4v) is 2.99. The van der Waals surface area contributed by atoms with Gasteiger partial charge in [0.05, 0.1) is 12.1 Å². The fourth-order valence-electron chi connectivity index (χ4n) is 2.83. The normalized spacial score (nSPS) is 11.2. The van der Waals surface area contributed by atoms with Gasteiger partial charge in [-0.1, -0.05) is 30.7 Å². The van der Waals surface area contributed by atoms with Crippen LogP contribution >= 0.6 is 11.6 Å². The van der Waals surface area contributed by atoms with Crippen LogP contribution in [0.2, 0.25) is 5.02 Å². The predicted molar refractivity (Wildman–Crippen MR) is 105 cm³/mol. The Labute approximate surface area is 153 Å². The van der Waals surface area contributed by atoms with Gasteiger partial charge in [0.2, 0.25) is 0 Å².